The Morgan fingerprint density at radius 1 is 1.16 bits per heavy atom. The summed E-state index contributed by atoms with van der Waals surface area (Å²) in [5.74, 6) is -0.720. The number of piperidine rings is 1. The number of carboxylic acid groups (broad SMARTS) is 1. The van der Waals surface area contributed by atoms with Crippen LogP contribution < -0.4 is 21.7 Å². The number of primary amides is 1. The lowest BCUT2D eigenvalue weighted by molar-refractivity contribution is 0.0358. The van der Waals surface area contributed by atoms with E-state index in [2.05, 4.69) is 20.9 Å². The summed E-state index contributed by atoms with van der Waals surface area (Å²) in [6.45, 7) is 4.05. The van der Waals surface area contributed by atoms with Gasteiger partial charge in [0, 0.05) is 30.6 Å². The van der Waals surface area contributed by atoms with Crippen LogP contribution in [0, 0.1) is 5.82 Å². The first-order valence-electron chi connectivity index (χ1n) is 11.9. The number of ether oxygens (including phenoxy) is 2. The number of anilines is 1. The fourth-order valence-electron chi connectivity index (χ4n) is 3.94. The van der Waals surface area contributed by atoms with E-state index in [1.165, 1.54) is 12.1 Å². The first-order valence-corrected chi connectivity index (χ1v) is 12.7. The van der Waals surface area contributed by atoms with E-state index >= 15 is 0 Å². The van der Waals surface area contributed by atoms with Crippen LogP contribution in [0.2, 0.25) is 0 Å². The molecule has 4 amide bonds. The zero-order valence-corrected chi connectivity index (χ0v) is 21.2. The maximum Gasteiger partial charge on any atom is 0.404 e. The SMILES string of the molecule is NC(=O)Nc1cc(-c2cccc(F)c2)sc1C(=O)N[C@H]1CCCN(CCOCCOCCNC(=O)O)C1. The van der Waals surface area contributed by atoms with Gasteiger partial charge in [0.2, 0.25) is 0 Å². The van der Waals surface area contributed by atoms with Crippen LogP contribution in [0.1, 0.15) is 22.5 Å². The van der Waals surface area contributed by atoms with E-state index in [9.17, 15) is 18.8 Å². The second-order valence-corrected chi connectivity index (χ2v) is 9.48. The predicted molar refractivity (Wildman–Crippen MR) is 138 cm³/mol. The van der Waals surface area contributed by atoms with Crippen molar-refractivity contribution in [3.8, 4) is 10.4 Å². The number of urea groups is 1. The van der Waals surface area contributed by atoms with Crippen molar-refractivity contribution < 1.29 is 33.4 Å². The third-order valence-corrected chi connectivity index (χ3v) is 6.78. The number of rotatable bonds is 13. The highest BCUT2D eigenvalue weighted by molar-refractivity contribution is 7.18. The van der Waals surface area contributed by atoms with Crippen molar-refractivity contribution in [3.63, 3.8) is 0 Å². The average molecular weight is 538 g/mol. The highest BCUT2D eigenvalue weighted by Crippen LogP contribution is 2.35. The molecule has 202 valence electrons. The molecule has 0 saturated carbocycles. The van der Waals surface area contributed by atoms with Gasteiger partial charge in [-0.05, 0) is 43.1 Å². The Labute approximate surface area is 218 Å². The van der Waals surface area contributed by atoms with Crippen LogP contribution in [0.5, 0.6) is 0 Å². The maximum atomic E-state index is 13.7. The first kappa shape index (κ1) is 28.3. The molecule has 1 saturated heterocycles. The average Bonchev–Trinajstić information content (AvgIpc) is 3.26. The quantitative estimate of drug-likeness (QED) is 0.246. The summed E-state index contributed by atoms with van der Waals surface area (Å²) in [6, 6.07) is 6.77. The Hall–Kier alpha value is -3.26. The summed E-state index contributed by atoms with van der Waals surface area (Å²) in [5, 5.41) is 16.2. The monoisotopic (exact) mass is 537 g/mol. The number of carbonyl (C=O) groups is 3. The van der Waals surface area contributed by atoms with Crippen LogP contribution in [0.15, 0.2) is 30.3 Å². The zero-order chi connectivity index (χ0) is 26.6. The van der Waals surface area contributed by atoms with Gasteiger partial charge in [-0.25, -0.2) is 14.0 Å². The molecular weight excluding hydrogens is 505 g/mol. The molecule has 0 bridgehead atoms. The molecule has 0 spiro atoms. The lowest BCUT2D eigenvalue weighted by atomic mass is 10.1. The van der Waals surface area contributed by atoms with Crippen molar-refractivity contribution in [3.05, 3.63) is 41.0 Å². The van der Waals surface area contributed by atoms with Crippen molar-refractivity contribution >= 4 is 35.1 Å². The minimum Gasteiger partial charge on any atom is -0.465 e. The van der Waals surface area contributed by atoms with Gasteiger partial charge in [-0.2, -0.15) is 0 Å². The molecule has 11 nitrogen and oxygen atoms in total. The van der Waals surface area contributed by atoms with Crippen LogP contribution in [0.4, 0.5) is 19.7 Å². The van der Waals surface area contributed by atoms with E-state index < -0.39 is 17.9 Å². The van der Waals surface area contributed by atoms with Gasteiger partial charge in [-0.15, -0.1) is 11.3 Å². The number of halogens is 1. The molecule has 0 unspecified atom stereocenters. The van der Waals surface area contributed by atoms with Gasteiger partial charge in [-0.3, -0.25) is 9.69 Å². The molecule has 1 aromatic heterocycles. The number of amides is 4. The molecule has 2 heterocycles. The van der Waals surface area contributed by atoms with Crippen molar-refractivity contribution in [1.29, 1.82) is 0 Å². The van der Waals surface area contributed by atoms with Crippen LogP contribution in [-0.2, 0) is 9.47 Å². The minimum atomic E-state index is -1.08. The number of hydrogen-bond acceptors (Lipinski definition) is 7. The number of hydrogen-bond donors (Lipinski definition) is 5. The van der Waals surface area contributed by atoms with Crippen molar-refractivity contribution in [2.45, 2.75) is 18.9 Å². The number of nitrogens with zero attached hydrogens (tertiary/aromatic N) is 1. The van der Waals surface area contributed by atoms with Crippen molar-refractivity contribution in [1.82, 2.24) is 15.5 Å². The molecule has 13 heteroatoms. The largest absolute Gasteiger partial charge is 0.465 e. The normalized spacial score (nSPS) is 15.8. The fourth-order valence-corrected chi connectivity index (χ4v) is 4.96. The Kier molecular flexibility index (Phi) is 11.1. The molecule has 1 aliphatic heterocycles. The molecule has 37 heavy (non-hydrogen) atoms. The fraction of sp³-hybridized carbons (Fsp3) is 0.458. The number of likely N-dealkylation sites (tertiary alicyclic amines) is 1. The summed E-state index contributed by atoms with van der Waals surface area (Å²) in [7, 11) is 0. The summed E-state index contributed by atoms with van der Waals surface area (Å²) in [6.07, 6.45) is 0.653. The molecule has 3 rings (SSSR count). The zero-order valence-electron chi connectivity index (χ0n) is 20.3. The maximum absolute atomic E-state index is 13.7. The lowest BCUT2D eigenvalue weighted by Crippen LogP contribution is -2.48. The van der Waals surface area contributed by atoms with Gasteiger partial charge >= 0.3 is 12.1 Å². The van der Waals surface area contributed by atoms with E-state index in [0.717, 1.165) is 30.7 Å². The number of carbonyl (C=O) groups excluding carboxylic acids is 2. The highest BCUT2D eigenvalue weighted by Gasteiger charge is 2.25. The van der Waals surface area contributed by atoms with E-state index in [0.29, 0.717) is 48.2 Å². The molecule has 0 aliphatic carbocycles. The van der Waals surface area contributed by atoms with Gasteiger partial charge in [0.1, 0.15) is 10.7 Å². The molecule has 0 radical (unpaired) electrons. The van der Waals surface area contributed by atoms with E-state index in [1.54, 1.807) is 18.2 Å². The Balaban J connectivity index is 1.47. The summed E-state index contributed by atoms with van der Waals surface area (Å²) in [4.78, 5) is 38.1. The number of benzene rings is 1. The second-order valence-electron chi connectivity index (χ2n) is 8.42. The Morgan fingerprint density at radius 2 is 1.95 bits per heavy atom. The Bertz CT molecular complexity index is 1070. The third-order valence-electron chi connectivity index (χ3n) is 5.59. The molecule has 6 N–H and O–H groups in total. The minimum absolute atomic E-state index is 0.0764. The predicted octanol–water partition coefficient (Wildman–Crippen LogP) is 2.54. The van der Waals surface area contributed by atoms with Crippen molar-refractivity contribution in [2.75, 3.05) is 57.9 Å². The van der Waals surface area contributed by atoms with Gasteiger partial charge in [0.15, 0.2) is 0 Å². The molecular formula is C24H32FN5O6S. The van der Waals surface area contributed by atoms with Crippen LogP contribution in [0.3, 0.4) is 0 Å². The summed E-state index contributed by atoms with van der Waals surface area (Å²) >= 11 is 1.16. The van der Waals surface area contributed by atoms with Gasteiger partial charge in [0.05, 0.1) is 32.1 Å². The molecule has 2 aromatic rings. The first-order chi connectivity index (χ1) is 17.8. The van der Waals surface area contributed by atoms with E-state index in [-0.39, 0.29) is 30.8 Å². The highest BCUT2D eigenvalue weighted by atomic mass is 32.1. The molecule has 1 fully saturated rings. The van der Waals surface area contributed by atoms with Crippen molar-refractivity contribution in [2.24, 2.45) is 5.73 Å². The Morgan fingerprint density at radius 3 is 2.68 bits per heavy atom. The van der Waals surface area contributed by atoms with E-state index in [1.807, 2.05) is 0 Å². The van der Waals surface area contributed by atoms with Crippen LogP contribution >= 0.6 is 11.3 Å². The van der Waals surface area contributed by atoms with Crippen LogP contribution in [0.25, 0.3) is 10.4 Å². The van der Waals surface area contributed by atoms with Crippen LogP contribution in [-0.4, -0.2) is 86.7 Å². The van der Waals surface area contributed by atoms with Gasteiger partial charge in [-0.1, -0.05) is 12.1 Å². The second kappa shape index (κ2) is 14.5. The van der Waals surface area contributed by atoms with Gasteiger partial charge < -0.3 is 36.3 Å². The number of nitrogens with two attached hydrogens (primary N) is 1. The molecule has 1 aliphatic rings. The molecule has 1 atom stereocenters. The molecule has 1 aromatic carbocycles. The number of nitrogens with one attached hydrogen (secondary N) is 3. The standard InChI is InChI=1S/C24H32FN5O6S/c25-17-4-1-3-16(13-17)20-14-19(29-23(26)32)21(37-20)22(31)28-18-5-2-7-30(15-18)8-10-36-12-11-35-9-6-27-24(33)34/h1,3-4,13-14,18,27H,2,5-12,15H2,(H,28,31)(H,33,34)(H3,26,29,32)/t18-/m0/s1. The number of thiophene rings is 1. The third kappa shape index (κ3) is 9.61. The van der Waals surface area contributed by atoms with E-state index in [4.69, 9.17) is 20.3 Å². The smallest absolute Gasteiger partial charge is 0.404 e. The summed E-state index contributed by atoms with van der Waals surface area (Å²) in [5.41, 5.74) is 6.18. The lowest BCUT2D eigenvalue weighted by Gasteiger charge is -2.33. The topological polar surface area (TPSA) is 155 Å². The summed E-state index contributed by atoms with van der Waals surface area (Å²) < 4.78 is 24.6. The van der Waals surface area contributed by atoms with Gasteiger partial charge in [0.25, 0.3) is 5.91 Å².